The first kappa shape index (κ1) is 14.9. The van der Waals surface area contributed by atoms with Gasteiger partial charge in [-0.1, -0.05) is 6.92 Å². The van der Waals surface area contributed by atoms with Crippen molar-refractivity contribution in [1.29, 1.82) is 0 Å². The second-order valence-electron chi connectivity index (χ2n) is 4.69. The van der Waals surface area contributed by atoms with E-state index in [2.05, 4.69) is 10.6 Å². The molecule has 1 rings (SSSR count). The van der Waals surface area contributed by atoms with Crippen LogP contribution in [-0.2, 0) is 9.59 Å². The molecule has 4 N–H and O–H groups in total. The Hall–Kier alpha value is -1.14. The molecule has 6 heteroatoms. The predicted molar refractivity (Wildman–Crippen MR) is 70.0 cm³/mol. The van der Waals surface area contributed by atoms with Crippen molar-refractivity contribution in [2.45, 2.75) is 32.2 Å². The van der Waals surface area contributed by atoms with Gasteiger partial charge in [-0.2, -0.15) is 0 Å². The molecule has 2 amide bonds. The highest BCUT2D eigenvalue weighted by atomic mass is 16.2. The highest BCUT2D eigenvalue weighted by Gasteiger charge is 2.21. The molecule has 0 aliphatic carbocycles. The zero-order valence-corrected chi connectivity index (χ0v) is 11.1. The first-order chi connectivity index (χ1) is 8.61. The number of nitrogens with one attached hydrogen (secondary N) is 2. The van der Waals surface area contributed by atoms with Crippen molar-refractivity contribution in [3.8, 4) is 0 Å². The van der Waals surface area contributed by atoms with Gasteiger partial charge in [0.25, 0.3) is 0 Å². The number of hydrogen-bond donors (Lipinski definition) is 3. The van der Waals surface area contributed by atoms with Crippen molar-refractivity contribution in [3.63, 3.8) is 0 Å². The van der Waals surface area contributed by atoms with Crippen molar-refractivity contribution in [2.75, 3.05) is 32.7 Å². The molecule has 1 aliphatic heterocycles. The van der Waals surface area contributed by atoms with E-state index in [0.717, 1.165) is 39.0 Å². The molecule has 1 aliphatic rings. The number of piperidine rings is 1. The smallest absolute Gasteiger partial charge is 0.231 e. The standard InChI is InChI=1S/C12H24N4O2/c1-2-14-6-3-12(18)15-10-4-7-16(8-5-10)9-11(13)17/h10,14H,2-9H2,1H3,(H2,13,17)(H,15,18). The lowest BCUT2D eigenvalue weighted by Gasteiger charge is -2.31. The molecule has 0 spiro atoms. The van der Waals surface area contributed by atoms with Crippen molar-refractivity contribution < 1.29 is 9.59 Å². The number of carbonyl (C=O) groups is 2. The number of likely N-dealkylation sites (tertiary alicyclic amines) is 1. The number of nitrogens with two attached hydrogens (primary N) is 1. The zero-order valence-electron chi connectivity index (χ0n) is 11.1. The van der Waals surface area contributed by atoms with E-state index in [0.29, 0.717) is 13.0 Å². The van der Waals surface area contributed by atoms with Gasteiger partial charge < -0.3 is 16.4 Å². The Morgan fingerprint density at radius 3 is 2.56 bits per heavy atom. The minimum Gasteiger partial charge on any atom is -0.369 e. The third-order valence-electron chi connectivity index (χ3n) is 3.11. The molecule has 0 aromatic carbocycles. The topological polar surface area (TPSA) is 87.5 Å². The quantitative estimate of drug-likeness (QED) is 0.513. The highest BCUT2D eigenvalue weighted by Crippen LogP contribution is 2.09. The van der Waals surface area contributed by atoms with E-state index in [1.807, 2.05) is 11.8 Å². The molecular formula is C12H24N4O2. The molecule has 0 saturated carbocycles. The second kappa shape index (κ2) is 8.05. The fraction of sp³-hybridized carbons (Fsp3) is 0.833. The number of hydrogen-bond acceptors (Lipinski definition) is 4. The Morgan fingerprint density at radius 1 is 1.33 bits per heavy atom. The van der Waals surface area contributed by atoms with Crippen molar-refractivity contribution >= 4 is 11.8 Å². The molecule has 0 aromatic rings. The monoisotopic (exact) mass is 256 g/mol. The summed E-state index contributed by atoms with van der Waals surface area (Å²) in [4.78, 5) is 24.4. The van der Waals surface area contributed by atoms with Crippen LogP contribution in [0.25, 0.3) is 0 Å². The number of nitrogens with zero attached hydrogens (tertiary/aromatic N) is 1. The minimum atomic E-state index is -0.289. The van der Waals surface area contributed by atoms with E-state index in [-0.39, 0.29) is 17.9 Å². The average molecular weight is 256 g/mol. The normalized spacial score (nSPS) is 17.6. The Morgan fingerprint density at radius 2 is 2.00 bits per heavy atom. The van der Waals surface area contributed by atoms with Gasteiger partial charge in [0.2, 0.25) is 11.8 Å². The summed E-state index contributed by atoms with van der Waals surface area (Å²) in [5, 5.41) is 6.15. The molecule has 0 atom stereocenters. The van der Waals surface area contributed by atoms with Gasteiger partial charge in [-0.05, 0) is 19.4 Å². The van der Waals surface area contributed by atoms with Crippen LogP contribution in [0, 0.1) is 0 Å². The van der Waals surface area contributed by atoms with Crippen LogP contribution in [0.1, 0.15) is 26.2 Å². The van der Waals surface area contributed by atoms with E-state index in [1.54, 1.807) is 0 Å². The Kier molecular flexibility index (Phi) is 6.67. The second-order valence-corrected chi connectivity index (χ2v) is 4.69. The molecule has 1 fully saturated rings. The molecular weight excluding hydrogens is 232 g/mol. The van der Waals surface area contributed by atoms with E-state index in [9.17, 15) is 9.59 Å². The summed E-state index contributed by atoms with van der Waals surface area (Å²) >= 11 is 0. The predicted octanol–water partition coefficient (Wildman–Crippen LogP) is -0.948. The molecule has 1 heterocycles. The van der Waals surface area contributed by atoms with Gasteiger partial charge in [0.1, 0.15) is 0 Å². The molecule has 0 unspecified atom stereocenters. The van der Waals surface area contributed by atoms with Crippen LogP contribution in [0.3, 0.4) is 0 Å². The number of amides is 2. The number of carbonyl (C=O) groups excluding carboxylic acids is 2. The molecule has 0 bridgehead atoms. The molecule has 0 radical (unpaired) electrons. The maximum Gasteiger partial charge on any atom is 0.231 e. The zero-order chi connectivity index (χ0) is 13.4. The van der Waals surface area contributed by atoms with Crippen molar-refractivity contribution in [3.05, 3.63) is 0 Å². The summed E-state index contributed by atoms with van der Waals surface area (Å²) in [7, 11) is 0. The lowest BCUT2D eigenvalue weighted by molar-refractivity contribution is -0.123. The van der Waals surface area contributed by atoms with Crippen LogP contribution < -0.4 is 16.4 Å². The lowest BCUT2D eigenvalue weighted by atomic mass is 10.0. The fourth-order valence-corrected chi connectivity index (χ4v) is 2.13. The molecule has 6 nitrogen and oxygen atoms in total. The Balaban J connectivity index is 2.14. The van der Waals surface area contributed by atoms with Crippen molar-refractivity contribution in [1.82, 2.24) is 15.5 Å². The average Bonchev–Trinajstić information content (AvgIpc) is 2.31. The Bertz CT molecular complexity index is 275. The van der Waals surface area contributed by atoms with Crippen LogP contribution >= 0.6 is 0 Å². The van der Waals surface area contributed by atoms with E-state index in [1.165, 1.54) is 0 Å². The maximum absolute atomic E-state index is 11.6. The molecule has 104 valence electrons. The van der Waals surface area contributed by atoms with Gasteiger partial charge in [-0.25, -0.2) is 0 Å². The first-order valence-corrected chi connectivity index (χ1v) is 6.62. The van der Waals surface area contributed by atoms with Gasteiger partial charge in [0.15, 0.2) is 0 Å². The van der Waals surface area contributed by atoms with Crippen LogP contribution in [-0.4, -0.2) is 55.5 Å². The van der Waals surface area contributed by atoms with E-state index < -0.39 is 0 Å². The van der Waals surface area contributed by atoms with Crippen LogP contribution in [0.5, 0.6) is 0 Å². The molecule has 0 aromatic heterocycles. The van der Waals surface area contributed by atoms with Crippen LogP contribution in [0.2, 0.25) is 0 Å². The van der Waals surface area contributed by atoms with Gasteiger partial charge in [-0.15, -0.1) is 0 Å². The minimum absolute atomic E-state index is 0.101. The summed E-state index contributed by atoms with van der Waals surface area (Å²) < 4.78 is 0. The van der Waals surface area contributed by atoms with Gasteiger partial charge in [0.05, 0.1) is 6.54 Å². The number of primary amides is 1. The molecule has 18 heavy (non-hydrogen) atoms. The van der Waals surface area contributed by atoms with E-state index >= 15 is 0 Å². The third kappa shape index (κ3) is 5.97. The maximum atomic E-state index is 11.6. The Labute approximate surface area is 108 Å². The van der Waals surface area contributed by atoms with Gasteiger partial charge in [-0.3, -0.25) is 14.5 Å². The number of rotatable bonds is 7. The fourth-order valence-electron chi connectivity index (χ4n) is 2.13. The first-order valence-electron chi connectivity index (χ1n) is 6.62. The largest absolute Gasteiger partial charge is 0.369 e. The summed E-state index contributed by atoms with van der Waals surface area (Å²) in [6.07, 6.45) is 2.30. The summed E-state index contributed by atoms with van der Waals surface area (Å²) in [6.45, 7) is 5.59. The highest BCUT2D eigenvalue weighted by molar-refractivity contribution is 5.76. The van der Waals surface area contributed by atoms with Crippen LogP contribution in [0.15, 0.2) is 0 Å². The van der Waals surface area contributed by atoms with Gasteiger partial charge >= 0.3 is 0 Å². The van der Waals surface area contributed by atoms with E-state index in [4.69, 9.17) is 5.73 Å². The van der Waals surface area contributed by atoms with Crippen molar-refractivity contribution in [2.24, 2.45) is 5.73 Å². The summed E-state index contributed by atoms with van der Waals surface area (Å²) in [5.74, 6) is -0.188. The van der Waals surface area contributed by atoms with Gasteiger partial charge in [0, 0.05) is 32.1 Å². The summed E-state index contributed by atoms with van der Waals surface area (Å²) in [6, 6.07) is 0.239. The third-order valence-corrected chi connectivity index (χ3v) is 3.11. The SMILES string of the molecule is CCNCCC(=O)NC1CCN(CC(N)=O)CC1. The molecule has 1 saturated heterocycles. The lowest BCUT2D eigenvalue weighted by Crippen LogP contribution is -2.47. The van der Waals surface area contributed by atoms with Crippen LogP contribution in [0.4, 0.5) is 0 Å². The summed E-state index contributed by atoms with van der Waals surface area (Å²) in [5.41, 5.74) is 5.15.